The van der Waals surface area contributed by atoms with Gasteiger partial charge in [0.25, 0.3) is 0 Å². The highest BCUT2D eigenvalue weighted by Crippen LogP contribution is 2.23. The number of aryl methyl sites for hydroxylation is 1. The maximum Gasteiger partial charge on any atom is 0.341 e. The van der Waals surface area contributed by atoms with Gasteiger partial charge in [-0.25, -0.2) is 4.79 Å². The van der Waals surface area contributed by atoms with E-state index in [2.05, 4.69) is 4.98 Å². The second-order valence-electron chi connectivity index (χ2n) is 2.96. The van der Waals surface area contributed by atoms with E-state index < -0.39 is 12.6 Å². The first kappa shape index (κ1) is 11.8. The van der Waals surface area contributed by atoms with Crippen LogP contribution in [0.1, 0.15) is 11.1 Å². The van der Waals surface area contributed by atoms with E-state index in [-0.39, 0.29) is 17.3 Å². The Morgan fingerprint density at radius 1 is 1.69 bits per heavy atom. The van der Waals surface area contributed by atoms with Gasteiger partial charge in [-0.1, -0.05) is 0 Å². The van der Waals surface area contributed by atoms with Gasteiger partial charge in [0.15, 0.2) is 6.61 Å². The van der Waals surface area contributed by atoms with Crippen LogP contribution < -0.4 is 9.47 Å². The van der Waals surface area contributed by atoms with Crippen molar-refractivity contribution in [1.29, 1.82) is 5.26 Å². The second kappa shape index (κ2) is 4.98. The summed E-state index contributed by atoms with van der Waals surface area (Å²) in [6.45, 7) is 1.14. The van der Waals surface area contributed by atoms with Crippen molar-refractivity contribution >= 4 is 5.97 Å². The first-order chi connectivity index (χ1) is 7.58. The molecule has 0 bridgehead atoms. The first-order valence-electron chi connectivity index (χ1n) is 4.38. The zero-order valence-corrected chi connectivity index (χ0v) is 8.85. The minimum atomic E-state index is -1.13. The normalized spacial score (nSPS) is 9.31. The highest BCUT2D eigenvalue weighted by atomic mass is 16.5. The molecule has 0 aliphatic rings. The molecule has 0 saturated heterocycles. The third kappa shape index (κ3) is 2.60. The molecular formula is C10H10N2O4. The zero-order chi connectivity index (χ0) is 12.1. The molecule has 0 radical (unpaired) electrons. The second-order valence-corrected chi connectivity index (χ2v) is 2.96. The number of pyridine rings is 1. The van der Waals surface area contributed by atoms with Gasteiger partial charge >= 0.3 is 5.97 Å². The van der Waals surface area contributed by atoms with E-state index >= 15 is 0 Å². The molecule has 1 heterocycles. The lowest BCUT2D eigenvalue weighted by Crippen LogP contribution is -2.11. The number of carboxylic acids is 1. The number of aromatic nitrogens is 1. The summed E-state index contributed by atoms with van der Waals surface area (Å²) in [4.78, 5) is 14.2. The molecule has 0 aromatic carbocycles. The van der Waals surface area contributed by atoms with Crippen molar-refractivity contribution < 1.29 is 19.4 Å². The number of hydrogen-bond donors (Lipinski definition) is 1. The van der Waals surface area contributed by atoms with Gasteiger partial charge in [-0.15, -0.1) is 0 Å². The van der Waals surface area contributed by atoms with Gasteiger partial charge in [0.1, 0.15) is 11.6 Å². The lowest BCUT2D eigenvalue weighted by Gasteiger charge is -2.08. The molecular weight excluding hydrogens is 212 g/mol. The van der Waals surface area contributed by atoms with Gasteiger partial charge in [0.05, 0.1) is 7.11 Å². The van der Waals surface area contributed by atoms with Crippen LogP contribution in [0.5, 0.6) is 11.8 Å². The number of ether oxygens (including phenoxy) is 2. The molecule has 1 N–H and O–H groups in total. The molecule has 0 aliphatic heterocycles. The molecule has 6 heteroatoms. The van der Waals surface area contributed by atoms with Crippen molar-refractivity contribution in [3.05, 3.63) is 17.2 Å². The van der Waals surface area contributed by atoms with Crippen LogP contribution in [-0.2, 0) is 4.79 Å². The number of carbonyl (C=O) groups is 1. The molecule has 0 spiro atoms. The lowest BCUT2D eigenvalue weighted by atomic mass is 10.2. The largest absolute Gasteiger partial charge is 0.481 e. The molecule has 0 unspecified atom stereocenters. The molecule has 84 valence electrons. The van der Waals surface area contributed by atoms with Crippen LogP contribution in [0, 0.1) is 18.3 Å². The number of nitriles is 1. The summed E-state index contributed by atoms with van der Waals surface area (Å²) in [5.74, 6) is -0.884. The number of carboxylic acid groups (broad SMARTS) is 1. The minimum absolute atomic E-state index is 0.0262. The molecule has 0 amide bonds. The standard InChI is InChI=1S/C10H10N2O4/c1-6-3-8(15-2)12-10(7(6)4-11)16-5-9(13)14/h3H,5H2,1-2H3,(H,13,14). The summed E-state index contributed by atoms with van der Waals surface area (Å²) in [7, 11) is 1.43. The Kier molecular flexibility index (Phi) is 3.67. The Morgan fingerprint density at radius 2 is 2.38 bits per heavy atom. The Hall–Kier alpha value is -2.29. The van der Waals surface area contributed by atoms with Gasteiger partial charge in [0, 0.05) is 6.07 Å². The molecule has 0 atom stereocenters. The fourth-order valence-corrected chi connectivity index (χ4v) is 1.09. The van der Waals surface area contributed by atoms with Crippen LogP contribution in [0.15, 0.2) is 6.07 Å². The summed E-state index contributed by atoms with van der Waals surface area (Å²) < 4.78 is 9.79. The van der Waals surface area contributed by atoms with Crippen LogP contribution >= 0.6 is 0 Å². The fraction of sp³-hybridized carbons (Fsp3) is 0.300. The van der Waals surface area contributed by atoms with Gasteiger partial charge in [0.2, 0.25) is 11.8 Å². The maximum atomic E-state index is 10.3. The number of methoxy groups -OCH3 is 1. The quantitative estimate of drug-likeness (QED) is 0.807. The maximum absolute atomic E-state index is 10.3. The predicted octanol–water partition coefficient (Wildman–Crippen LogP) is 0.734. The Balaban J connectivity index is 3.09. The van der Waals surface area contributed by atoms with Crippen LogP contribution in [-0.4, -0.2) is 29.8 Å². The Bertz CT molecular complexity index is 451. The van der Waals surface area contributed by atoms with Crippen LogP contribution in [0.25, 0.3) is 0 Å². The van der Waals surface area contributed by atoms with E-state index in [9.17, 15) is 4.79 Å². The van der Waals surface area contributed by atoms with E-state index in [1.807, 2.05) is 6.07 Å². The van der Waals surface area contributed by atoms with Gasteiger partial charge in [-0.05, 0) is 12.5 Å². The van der Waals surface area contributed by atoms with Gasteiger partial charge < -0.3 is 14.6 Å². The van der Waals surface area contributed by atoms with E-state index in [0.29, 0.717) is 5.56 Å². The number of aliphatic carboxylic acids is 1. The summed E-state index contributed by atoms with van der Waals surface area (Å²) in [5.41, 5.74) is 0.830. The lowest BCUT2D eigenvalue weighted by molar-refractivity contribution is -0.139. The summed E-state index contributed by atoms with van der Waals surface area (Å²) in [5, 5.41) is 17.3. The van der Waals surface area contributed by atoms with E-state index in [1.54, 1.807) is 13.0 Å². The summed E-state index contributed by atoms with van der Waals surface area (Å²) in [6, 6.07) is 3.48. The number of hydrogen-bond acceptors (Lipinski definition) is 5. The van der Waals surface area contributed by atoms with Crippen LogP contribution in [0.2, 0.25) is 0 Å². The van der Waals surface area contributed by atoms with E-state index in [4.69, 9.17) is 19.8 Å². The zero-order valence-electron chi connectivity index (χ0n) is 8.85. The van der Waals surface area contributed by atoms with Gasteiger partial charge in [-0.2, -0.15) is 10.2 Å². The average Bonchev–Trinajstić information content (AvgIpc) is 2.25. The SMILES string of the molecule is COc1cc(C)c(C#N)c(OCC(=O)O)n1. The van der Waals surface area contributed by atoms with Crippen molar-refractivity contribution in [2.45, 2.75) is 6.92 Å². The highest BCUT2D eigenvalue weighted by Gasteiger charge is 2.12. The van der Waals surface area contributed by atoms with Crippen molar-refractivity contribution in [1.82, 2.24) is 4.98 Å². The van der Waals surface area contributed by atoms with Crippen molar-refractivity contribution in [2.75, 3.05) is 13.7 Å². The first-order valence-corrected chi connectivity index (χ1v) is 4.38. The van der Waals surface area contributed by atoms with Crippen molar-refractivity contribution in [2.24, 2.45) is 0 Å². The molecule has 1 aromatic heterocycles. The Labute approximate surface area is 92.1 Å². The molecule has 0 fully saturated rings. The van der Waals surface area contributed by atoms with Crippen molar-refractivity contribution in [3.63, 3.8) is 0 Å². The van der Waals surface area contributed by atoms with Crippen molar-refractivity contribution in [3.8, 4) is 17.8 Å². The third-order valence-corrected chi connectivity index (χ3v) is 1.81. The fourth-order valence-electron chi connectivity index (χ4n) is 1.09. The molecule has 6 nitrogen and oxygen atoms in total. The topological polar surface area (TPSA) is 92.4 Å². The van der Waals surface area contributed by atoms with E-state index in [1.165, 1.54) is 7.11 Å². The smallest absolute Gasteiger partial charge is 0.341 e. The molecule has 0 saturated carbocycles. The molecule has 0 aliphatic carbocycles. The van der Waals surface area contributed by atoms with Crippen LogP contribution in [0.3, 0.4) is 0 Å². The Morgan fingerprint density at radius 3 is 2.88 bits per heavy atom. The predicted molar refractivity (Wildman–Crippen MR) is 53.4 cm³/mol. The summed E-state index contributed by atoms with van der Waals surface area (Å²) >= 11 is 0. The minimum Gasteiger partial charge on any atom is -0.481 e. The third-order valence-electron chi connectivity index (χ3n) is 1.81. The molecule has 16 heavy (non-hydrogen) atoms. The monoisotopic (exact) mass is 222 g/mol. The van der Waals surface area contributed by atoms with Gasteiger partial charge in [-0.3, -0.25) is 0 Å². The van der Waals surface area contributed by atoms with Crippen LogP contribution in [0.4, 0.5) is 0 Å². The average molecular weight is 222 g/mol. The number of nitrogens with zero attached hydrogens (tertiary/aromatic N) is 2. The highest BCUT2D eigenvalue weighted by molar-refractivity contribution is 5.68. The summed E-state index contributed by atoms with van der Waals surface area (Å²) in [6.07, 6.45) is 0. The molecule has 1 aromatic rings. The van der Waals surface area contributed by atoms with E-state index in [0.717, 1.165) is 0 Å². The molecule has 1 rings (SSSR count). The number of rotatable bonds is 4.